The molecule has 1 aliphatic rings. The number of aryl methyl sites for hydroxylation is 1. The fourth-order valence-electron chi connectivity index (χ4n) is 2.79. The first kappa shape index (κ1) is 16.3. The lowest BCUT2D eigenvalue weighted by Gasteiger charge is -2.24. The summed E-state index contributed by atoms with van der Waals surface area (Å²) in [4.78, 5) is 14.7. The van der Waals surface area contributed by atoms with Gasteiger partial charge in [-0.2, -0.15) is 0 Å². The highest BCUT2D eigenvalue weighted by Crippen LogP contribution is 2.32. The van der Waals surface area contributed by atoms with Crippen LogP contribution in [-0.2, 0) is 17.8 Å². The average Bonchev–Trinajstić information content (AvgIpc) is 3.40. The molecule has 0 spiro atoms. The largest absolute Gasteiger partial charge is 0.338 e. The second-order valence-corrected chi connectivity index (χ2v) is 7.22. The number of hydrogen-bond acceptors (Lipinski definition) is 1. The maximum atomic E-state index is 12.6. The Kier molecular flexibility index (Phi) is 5.16. The van der Waals surface area contributed by atoms with Gasteiger partial charge in [-0.25, -0.2) is 0 Å². The molecule has 0 atom stereocenters. The van der Waals surface area contributed by atoms with Crippen molar-refractivity contribution in [3.05, 3.63) is 69.7 Å². The number of rotatable bonds is 6. The van der Waals surface area contributed by atoms with E-state index in [1.54, 1.807) is 0 Å². The Hall–Kier alpha value is -1.61. The van der Waals surface area contributed by atoms with Crippen LogP contribution >= 0.6 is 15.9 Å². The summed E-state index contributed by atoms with van der Waals surface area (Å²) in [6.07, 6.45) is 3.01. The monoisotopic (exact) mass is 371 g/mol. The third-order valence-electron chi connectivity index (χ3n) is 4.31. The molecule has 23 heavy (non-hydrogen) atoms. The van der Waals surface area contributed by atoms with Gasteiger partial charge in [-0.05, 0) is 43.4 Å². The van der Waals surface area contributed by atoms with Crippen LogP contribution in [0.5, 0.6) is 0 Å². The summed E-state index contributed by atoms with van der Waals surface area (Å²) in [6.45, 7) is 3.55. The average molecular weight is 372 g/mol. The molecule has 0 unspecified atom stereocenters. The highest BCUT2D eigenvalue weighted by molar-refractivity contribution is 9.10. The predicted octanol–water partition coefficient (Wildman–Crippen LogP) is 4.74. The zero-order valence-electron chi connectivity index (χ0n) is 13.5. The Morgan fingerprint density at radius 2 is 1.91 bits per heavy atom. The van der Waals surface area contributed by atoms with Gasteiger partial charge in [0, 0.05) is 23.5 Å². The van der Waals surface area contributed by atoms with Crippen LogP contribution in [0.3, 0.4) is 0 Å². The predicted molar refractivity (Wildman–Crippen MR) is 97.2 cm³/mol. The topological polar surface area (TPSA) is 20.3 Å². The number of hydrogen-bond donors (Lipinski definition) is 0. The van der Waals surface area contributed by atoms with Crippen molar-refractivity contribution in [1.82, 2.24) is 4.90 Å². The van der Waals surface area contributed by atoms with Crippen LogP contribution in [0.1, 0.15) is 29.5 Å². The lowest BCUT2D eigenvalue weighted by molar-refractivity contribution is -0.133. The number of amides is 1. The van der Waals surface area contributed by atoms with Crippen molar-refractivity contribution in [2.45, 2.75) is 32.7 Å². The van der Waals surface area contributed by atoms with E-state index in [9.17, 15) is 4.79 Å². The quantitative estimate of drug-likeness (QED) is 0.717. The summed E-state index contributed by atoms with van der Waals surface area (Å²) in [5.74, 6) is 0.573. The molecule has 1 aliphatic carbocycles. The van der Waals surface area contributed by atoms with Crippen LogP contribution in [0.15, 0.2) is 53.0 Å². The van der Waals surface area contributed by atoms with E-state index >= 15 is 0 Å². The SMILES string of the molecule is Cc1ccc(Br)c(CN(CCc2ccccc2)C(=O)C2CC2)c1. The highest BCUT2D eigenvalue weighted by Gasteiger charge is 2.33. The van der Waals surface area contributed by atoms with E-state index in [4.69, 9.17) is 0 Å². The van der Waals surface area contributed by atoms with E-state index in [1.807, 2.05) is 11.0 Å². The minimum Gasteiger partial charge on any atom is -0.338 e. The lowest BCUT2D eigenvalue weighted by atomic mass is 10.1. The van der Waals surface area contributed by atoms with Gasteiger partial charge in [0.25, 0.3) is 0 Å². The number of benzene rings is 2. The molecule has 0 N–H and O–H groups in total. The Morgan fingerprint density at radius 3 is 2.61 bits per heavy atom. The van der Waals surface area contributed by atoms with Gasteiger partial charge in [0.1, 0.15) is 0 Å². The molecule has 0 radical (unpaired) electrons. The lowest BCUT2D eigenvalue weighted by Crippen LogP contribution is -2.33. The Balaban J connectivity index is 1.72. The number of carbonyl (C=O) groups is 1. The van der Waals surface area contributed by atoms with Crippen molar-refractivity contribution < 1.29 is 4.79 Å². The van der Waals surface area contributed by atoms with Crippen LogP contribution in [0.25, 0.3) is 0 Å². The minimum atomic E-state index is 0.259. The van der Waals surface area contributed by atoms with E-state index in [0.717, 1.165) is 30.3 Å². The molecule has 3 rings (SSSR count). The fourth-order valence-corrected chi connectivity index (χ4v) is 3.17. The number of halogens is 1. The van der Waals surface area contributed by atoms with Crippen molar-refractivity contribution >= 4 is 21.8 Å². The molecule has 0 aromatic heterocycles. The summed E-state index contributed by atoms with van der Waals surface area (Å²) < 4.78 is 1.08. The summed E-state index contributed by atoms with van der Waals surface area (Å²) in [5, 5.41) is 0. The molecule has 0 aliphatic heterocycles. The second-order valence-electron chi connectivity index (χ2n) is 6.36. The first-order chi connectivity index (χ1) is 11.1. The molecule has 1 fully saturated rings. The first-order valence-electron chi connectivity index (χ1n) is 8.21. The molecule has 0 bridgehead atoms. The summed E-state index contributed by atoms with van der Waals surface area (Å²) >= 11 is 3.62. The molecule has 120 valence electrons. The Labute approximate surface area is 146 Å². The van der Waals surface area contributed by atoms with Gasteiger partial charge in [0.05, 0.1) is 0 Å². The fraction of sp³-hybridized carbons (Fsp3) is 0.350. The van der Waals surface area contributed by atoms with E-state index in [1.165, 1.54) is 16.7 Å². The van der Waals surface area contributed by atoms with E-state index in [-0.39, 0.29) is 5.92 Å². The number of carbonyl (C=O) groups excluding carboxylic acids is 1. The molecule has 2 aromatic carbocycles. The zero-order valence-corrected chi connectivity index (χ0v) is 15.1. The molecule has 1 amide bonds. The van der Waals surface area contributed by atoms with Gasteiger partial charge >= 0.3 is 0 Å². The maximum Gasteiger partial charge on any atom is 0.225 e. The van der Waals surface area contributed by atoms with E-state index in [2.05, 4.69) is 65.3 Å². The van der Waals surface area contributed by atoms with E-state index in [0.29, 0.717) is 12.5 Å². The normalized spacial score (nSPS) is 13.8. The first-order valence-corrected chi connectivity index (χ1v) is 9.00. The molecule has 1 saturated carbocycles. The second kappa shape index (κ2) is 7.31. The summed E-state index contributed by atoms with van der Waals surface area (Å²) in [5.41, 5.74) is 3.70. The molecule has 2 nitrogen and oxygen atoms in total. The van der Waals surface area contributed by atoms with Crippen LogP contribution in [-0.4, -0.2) is 17.4 Å². The zero-order chi connectivity index (χ0) is 16.2. The van der Waals surface area contributed by atoms with Crippen molar-refractivity contribution in [2.75, 3.05) is 6.54 Å². The van der Waals surface area contributed by atoms with Gasteiger partial charge in [0.15, 0.2) is 0 Å². The Bertz CT molecular complexity index is 679. The van der Waals surface area contributed by atoms with Crippen LogP contribution in [0, 0.1) is 12.8 Å². The minimum absolute atomic E-state index is 0.259. The Morgan fingerprint density at radius 1 is 1.17 bits per heavy atom. The van der Waals surface area contributed by atoms with Crippen molar-refractivity contribution in [3.8, 4) is 0 Å². The molecule has 0 heterocycles. The third-order valence-corrected chi connectivity index (χ3v) is 5.09. The van der Waals surface area contributed by atoms with Crippen molar-refractivity contribution in [3.63, 3.8) is 0 Å². The molecular formula is C20H22BrNO. The summed E-state index contributed by atoms with van der Waals surface area (Å²) in [7, 11) is 0. The van der Waals surface area contributed by atoms with Crippen LogP contribution in [0.2, 0.25) is 0 Å². The van der Waals surface area contributed by atoms with Crippen molar-refractivity contribution in [2.24, 2.45) is 5.92 Å². The third kappa shape index (κ3) is 4.44. The van der Waals surface area contributed by atoms with Gasteiger partial charge in [-0.15, -0.1) is 0 Å². The highest BCUT2D eigenvalue weighted by atomic mass is 79.9. The van der Waals surface area contributed by atoms with Crippen LogP contribution in [0.4, 0.5) is 0 Å². The van der Waals surface area contributed by atoms with Crippen LogP contribution < -0.4 is 0 Å². The molecule has 3 heteroatoms. The number of nitrogens with zero attached hydrogens (tertiary/aromatic N) is 1. The maximum absolute atomic E-state index is 12.6. The van der Waals surface area contributed by atoms with Gasteiger partial charge in [-0.1, -0.05) is 64.0 Å². The molecular weight excluding hydrogens is 350 g/mol. The van der Waals surface area contributed by atoms with E-state index < -0.39 is 0 Å². The standard InChI is InChI=1S/C20H22BrNO/c1-15-7-10-19(21)18(13-15)14-22(20(23)17-8-9-17)12-11-16-5-3-2-4-6-16/h2-7,10,13,17H,8-9,11-12,14H2,1H3. The molecule has 2 aromatic rings. The van der Waals surface area contributed by atoms with Gasteiger partial charge < -0.3 is 4.90 Å². The van der Waals surface area contributed by atoms with Gasteiger partial charge in [0.2, 0.25) is 5.91 Å². The summed E-state index contributed by atoms with van der Waals surface area (Å²) in [6, 6.07) is 16.7. The molecule has 0 saturated heterocycles. The van der Waals surface area contributed by atoms with Crippen molar-refractivity contribution in [1.29, 1.82) is 0 Å². The smallest absolute Gasteiger partial charge is 0.225 e. The van der Waals surface area contributed by atoms with Gasteiger partial charge in [-0.3, -0.25) is 4.79 Å².